The van der Waals surface area contributed by atoms with Crippen LogP contribution in [-0.4, -0.2) is 42.0 Å². The zero-order chi connectivity index (χ0) is 18.1. The highest BCUT2D eigenvalue weighted by molar-refractivity contribution is 5.67. The number of ether oxygens (including phenoxy) is 2. The molecule has 1 aromatic heterocycles. The quantitative estimate of drug-likeness (QED) is 0.650. The first-order valence-electron chi connectivity index (χ1n) is 9.27. The van der Waals surface area contributed by atoms with Crippen molar-refractivity contribution in [3.63, 3.8) is 0 Å². The van der Waals surface area contributed by atoms with Crippen molar-refractivity contribution in [2.45, 2.75) is 63.3 Å². The van der Waals surface area contributed by atoms with Gasteiger partial charge in [0.1, 0.15) is 12.8 Å². The van der Waals surface area contributed by atoms with Gasteiger partial charge in [-0.1, -0.05) is 6.07 Å². The van der Waals surface area contributed by atoms with Gasteiger partial charge in [0.05, 0.1) is 29.6 Å². The van der Waals surface area contributed by atoms with Crippen LogP contribution in [0, 0.1) is 5.92 Å². The van der Waals surface area contributed by atoms with E-state index >= 15 is 0 Å². The SMILES string of the molecule is C[C@@H]1CCNC(=O)OCc2cccc(n2)C2NNC3CC(F)C(CC32)O1. The third kappa shape index (κ3) is 3.67. The molecule has 4 rings (SSSR count). The Balaban J connectivity index is 1.60. The van der Waals surface area contributed by atoms with Crippen molar-refractivity contribution in [1.29, 1.82) is 0 Å². The molecule has 1 amide bonds. The first-order chi connectivity index (χ1) is 12.6. The van der Waals surface area contributed by atoms with Crippen LogP contribution in [0.5, 0.6) is 0 Å². The minimum absolute atomic E-state index is 0.0205. The number of hydrazine groups is 1. The Bertz CT molecular complexity index is 661. The number of cyclic esters (lactones) is 1. The summed E-state index contributed by atoms with van der Waals surface area (Å²) in [7, 11) is 0. The van der Waals surface area contributed by atoms with Crippen molar-refractivity contribution in [3.8, 4) is 0 Å². The first-order valence-corrected chi connectivity index (χ1v) is 9.27. The van der Waals surface area contributed by atoms with E-state index in [2.05, 4.69) is 21.2 Å². The normalized spacial score (nSPS) is 37.8. The number of halogens is 1. The van der Waals surface area contributed by atoms with Crippen LogP contribution in [0.15, 0.2) is 18.2 Å². The van der Waals surface area contributed by atoms with E-state index in [0.29, 0.717) is 31.5 Å². The topological polar surface area (TPSA) is 84.5 Å². The summed E-state index contributed by atoms with van der Waals surface area (Å²) >= 11 is 0. The number of aromatic nitrogens is 1. The van der Waals surface area contributed by atoms with Gasteiger partial charge in [-0.25, -0.2) is 14.6 Å². The van der Waals surface area contributed by atoms with E-state index in [-0.39, 0.29) is 30.7 Å². The molecular formula is C18H25FN4O3. The number of pyridine rings is 1. The molecular weight excluding hydrogens is 339 g/mol. The number of carbonyl (C=O) groups excluding carboxylic acids is 1. The fourth-order valence-electron chi connectivity index (χ4n) is 4.11. The number of hydrogen-bond acceptors (Lipinski definition) is 6. The Hall–Kier alpha value is -1.77. The Kier molecular flexibility index (Phi) is 5.06. The number of amides is 1. The van der Waals surface area contributed by atoms with E-state index in [0.717, 1.165) is 5.69 Å². The molecule has 0 spiro atoms. The molecule has 142 valence electrons. The molecule has 3 aliphatic rings. The lowest BCUT2D eigenvalue weighted by atomic mass is 9.78. The molecule has 3 N–H and O–H groups in total. The standard InChI is InChI=1S/C18H25FN4O3/c1-10-5-6-20-18(24)25-9-11-3-2-4-14(21-11)17-12-7-16(26-10)13(19)8-15(12)22-23-17/h2-4,10,12-13,15-17,22-23H,5-9H2,1H3,(H,20,24)/t10-,12?,13?,15?,16?,17?/m1/s1. The first kappa shape index (κ1) is 17.6. The summed E-state index contributed by atoms with van der Waals surface area (Å²) in [5, 5.41) is 2.70. The average Bonchev–Trinajstić information content (AvgIpc) is 3.02. The molecule has 6 atom stereocenters. The van der Waals surface area contributed by atoms with Gasteiger partial charge < -0.3 is 14.8 Å². The van der Waals surface area contributed by atoms with Gasteiger partial charge in [0.25, 0.3) is 0 Å². The van der Waals surface area contributed by atoms with Crippen LogP contribution in [0.4, 0.5) is 9.18 Å². The average molecular weight is 364 g/mol. The molecule has 1 saturated heterocycles. The Morgan fingerprint density at radius 1 is 1.27 bits per heavy atom. The number of fused-ring (bicyclic) bond motifs is 4. The second kappa shape index (κ2) is 7.46. The molecule has 3 heterocycles. The molecule has 5 unspecified atom stereocenters. The molecule has 0 aromatic carbocycles. The van der Waals surface area contributed by atoms with Crippen LogP contribution in [0.1, 0.15) is 43.6 Å². The van der Waals surface area contributed by atoms with E-state index in [1.54, 1.807) is 0 Å². The predicted molar refractivity (Wildman–Crippen MR) is 91.8 cm³/mol. The second-order valence-electron chi connectivity index (χ2n) is 7.35. The molecule has 4 bridgehead atoms. The van der Waals surface area contributed by atoms with Crippen molar-refractivity contribution in [2.75, 3.05) is 6.54 Å². The fraction of sp³-hybridized carbons (Fsp3) is 0.667. The van der Waals surface area contributed by atoms with Gasteiger partial charge in [0, 0.05) is 18.5 Å². The summed E-state index contributed by atoms with van der Waals surface area (Å²) in [6.07, 6.45) is -0.392. The molecule has 1 aromatic rings. The Labute approximate surface area is 152 Å². The molecule has 1 aliphatic carbocycles. The molecule has 2 aliphatic heterocycles. The maximum atomic E-state index is 14.6. The number of nitrogens with zero attached hydrogens (tertiary/aromatic N) is 1. The lowest BCUT2D eigenvalue weighted by Crippen LogP contribution is -2.45. The number of hydrogen-bond donors (Lipinski definition) is 3. The third-order valence-electron chi connectivity index (χ3n) is 5.48. The maximum Gasteiger partial charge on any atom is 0.407 e. The molecule has 8 heteroatoms. The monoisotopic (exact) mass is 364 g/mol. The summed E-state index contributed by atoms with van der Waals surface area (Å²) in [4.78, 5) is 16.4. The van der Waals surface area contributed by atoms with E-state index in [1.165, 1.54) is 0 Å². The van der Waals surface area contributed by atoms with Gasteiger partial charge in [-0.2, -0.15) is 0 Å². The van der Waals surface area contributed by atoms with Gasteiger partial charge in [-0.15, -0.1) is 0 Å². The zero-order valence-electron chi connectivity index (χ0n) is 14.8. The van der Waals surface area contributed by atoms with E-state index in [1.807, 2.05) is 25.1 Å². The molecule has 26 heavy (non-hydrogen) atoms. The zero-order valence-corrected chi connectivity index (χ0v) is 14.8. The summed E-state index contributed by atoms with van der Waals surface area (Å²) in [6.45, 7) is 2.46. The van der Waals surface area contributed by atoms with E-state index in [9.17, 15) is 9.18 Å². The van der Waals surface area contributed by atoms with Gasteiger partial charge in [-0.05, 0) is 38.3 Å². The third-order valence-corrected chi connectivity index (χ3v) is 5.48. The number of carbonyl (C=O) groups is 1. The summed E-state index contributed by atoms with van der Waals surface area (Å²) in [5.74, 6) is 0.202. The number of alkyl carbamates (subject to hydrolysis) is 1. The van der Waals surface area contributed by atoms with Gasteiger partial charge >= 0.3 is 6.09 Å². The lowest BCUT2D eigenvalue weighted by Gasteiger charge is -2.36. The number of rotatable bonds is 0. The predicted octanol–water partition coefficient (Wildman–Crippen LogP) is 1.75. The second-order valence-corrected chi connectivity index (χ2v) is 7.35. The van der Waals surface area contributed by atoms with Crippen LogP contribution < -0.4 is 16.2 Å². The van der Waals surface area contributed by atoms with Crippen molar-refractivity contribution in [3.05, 3.63) is 29.6 Å². The van der Waals surface area contributed by atoms with Crippen molar-refractivity contribution in [2.24, 2.45) is 5.92 Å². The highest BCUT2D eigenvalue weighted by Crippen LogP contribution is 2.40. The van der Waals surface area contributed by atoms with Crippen LogP contribution in [0.25, 0.3) is 0 Å². The largest absolute Gasteiger partial charge is 0.443 e. The minimum atomic E-state index is -1.00. The van der Waals surface area contributed by atoms with Crippen LogP contribution >= 0.6 is 0 Å². The van der Waals surface area contributed by atoms with Crippen LogP contribution in [0.3, 0.4) is 0 Å². The minimum Gasteiger partial charge on any atom is -0.443 e. The maximum absolute atomic E-state index is 14.6. The summed E-state index contributed by atoms with van der Waals surface area (Å²) < 4.78 is 25.8. The molecule has 7 nitrogen and oxygen atoms in total. The lowest BCUT2D eigenvalue weighted by molar-refractivity contribution is -0.0785. The van der Waals surface area contributed by atoms with Crippen molar-refractivity contribution < 1.29 is 18.7 Å². The Morgan fingerprint density at radius 3 is 3.04 bits per heavy atom. The smallest absolute Gasteiger partial charge is 0.407 e. The molecule has 1 saturated carbocycles. The van der Waals surface area contributed by atoms with Gasteiger partial charge in [0.15, 0.2) is 0 Å². The summed E-state index contributed by atoms with van der Waals surface area (Å²) in [6, 6.07) is 5.73. The highest BCUT2D eigenvalue weighted by atomic mass is 19.1. The number of nitrogens with one attached hydrogen (secondary N) is 3. The summed E-state index contributed by atoms with van der Waals surface area (Å²) in [5.41, 5.74) is 8.06. The van der Waals surface area contributed by atoms with E-state index < -0.39 is 18.4 Å². The van der Waals surface area contributed by atoms with Gasteiger partial charge in [-0.3, -0.25) is 10.4 Å². The molecule has 2 fully saturated rings. The van der Waals surface area contributed by atoms with E-state index in [4.69, 9.17) is 9.47 Å². The van der Waals surface area contributed by atoms with Crippen molar-refractivity contribution in [1.82, 2.24) is 21.2 Å². The number of alkyl halides is 1. The highest BCUT2D eigenvalue weighted by Gasteiger charge is 2.46. The molecule has 0 radical (unpaired) electrons. The fourth-order valence-corrected chi connectivity index (χ4v) is 4.11. The van der Waals surface area contributed by atoms with Crippen molar-refractivity contribution >= 4 is 6.09 Å². The van der Waals surface area contributed by atoms with Crippen LogP contribution in [-0.2, 0) is 16.1 Å². The Morgan fingerprint density at radius 2 is 2.15 bits per heavy atom. The van der Waals surface area contributed by atoms with Crippen LogP contribution in [0.2, 0.25) is 0 Å². The van der Waals surface area contributed by atoms with Gasteiger partial charge in [0.2, 0.25) is 0 Å².